The number of carbonyl (C=O) groups excluding carboxylic acids is 1. The Kier molecular flexibility index (Phi) is 5.76. The van der Waals surface area contributed by atoms with Crippen LogP contribution in [0.4, 0.5) is 0 Å². The largest absolute Gasteiger partial charge is 0.454 e. The number of aromatic amines is 1. The zero-order chi connectivity index (χ0) is 22.6. The summed E-state index contributed by atoms with van der Waals surface area (Å²) in [5, 5.41) is 0.532. The first kappa shape index (κ1) is 20.8. The Bertz CT molecular complexity index is 1350. The molecule has 5 rings (SSSR count). The van der Waals surface area contributed by atoms with Crippen LogP contribution in [0.1, 0.15) is 23.4 Å². The van der Waals surface area contributed by atoms with Gasteiger partial charge in [-0.25, -0.2) is 4.98 Å². The zero-order valence-corrected chi connectivity index (χ0v) is 18.0. The number of carbonyl (C=O) groups is 1. The molecule has 33 heavy (non-hydrogen) atoms. The molecular weight excluding hydrogens is 418 g/mol. The van der Waals surface area contributed by atoms with Crippen LogP contribution in [0.25, 0.3) is 10.9 Å². The average molecular weight is 441 g/mol. The molecule has 1 aromatic heterocycles. The van der Waals surface area contributed by atoms with Crippen molar-refractivity contribution >= 4 is 16.8 Å². The van der Waals surface area contributed by atoms with Crippen molar-refractivity contribution in [3.63, 3.8) is 0 Å². The van der Waals surface area contributed by atoms with Crippen molar-refractivity contribution in [3.8, 4) is 11.5 Å². The van der Waals surface area contributed by atoms with E-state index < -0.39 is 0 Å². The minimum atomic E-state index is -0.205. The van der Waals surface area contributed by atoms with Crippen LogP contribution in [0, 0.1) is 0 Å². The summed E-state index contributed by atoms with van der Waals surface area (Å²) in [5.74, 6) is 1.87. The van der Waals surface area contributed by atoms with E-state index in [1.165, 1.54) is 0 Å². The van der Waals surface area contributed by atoms with Crippen molar-refractivity contribution in [2.75, 3.05) is 6.79 Å². The molecule has 1 aliphatic rings. The molecule has 1 aliphatic heterocycles. The van der Waals surface area contributed by atoms with Crippen LogP contribution < -0.4 is 15.0 Å². The lowest BCUT2D eigenvalue weighted by molar-refractivity contribution is -0.132. The molecular formula is C26H23N3O4. The van der Waals surface area contributed by atoms with Gasteiger partial charge >= 0.3 is 0 Å². The van der Waals surface area contributed by atoms with Gasteiger partial charge in [-0.1, -0.05) is 48.5 Å². The lowest BCUT2D eigenvalue weighted by atomic mass is 10.1. The molecule has 1 amide bonds. The van der Waals surface area contributed by atoms with Crippen LogP contribution in [-0.4, -0.2) is 27.6 Å². The minimum absolute atomic E-state index is 0.0210. The molecule has 2 heterocycles. The Morgan fingerprint density at radius 2 is 1.70 bits per heavy atom. The maximum atomic E-state index is 13.3. The standard InChI is InChI=1S/C26H23N3O4/c30-25(13-11-18-10-12-22-23(14-18)33-17-32-22)29(15-19-6-2-1-3-7-19)16-24-27-21-9-5-4-8-20(21)26(31)28-24/h1-10,12,14H,11,13,15-17H2,(H,27,28,31). The van der Waals surface area contributed by atoms with Gasteiger partial charge in [-0.3, -0.25) is 9.59 Å². The molecule has 0 aliphatic carbocycles. The van der Waals surface area contributed by atoms with E-state index in [0.717, 1.165) is 16.9 Å². The van der Waals surface area contributed by atoms with Crippen molar-refractivity contribution in [1.82, 2.24) is 14.9 Å². The van der Waals surface area contributed by atoms with Crippen LogP contribution >= 0.6 is 0 Å². The third kappa shape index (κ3) is 4.72. The summed E-state index contributed by atoms with van der Waals surface area (Å²) in [5.41, 5.74) is 2.42. The average Bonchev–Trinajstić information content (AvgIpc) is 3.31. The molecule has 0 bridgehead atoms. The summed E-state index contributed by atoms with van der Waals surface area (Å²) in [4.78, 5) is 34.9. The summed E-state index contributed by atoms with van der Waals surface area (Å²) in [6.07, 6.45) is 0.896. The highest BCUT2D eigenvalue weighted by Gasteiger charge is 2.18. The van der Waals surface area contributed by atoms with E-state index in [1.54, 1.807) is 23.1 Å². The van der Waals surface area contributed by atoms with E-state index in [2.05, 4.69) is 9.97 Å². The molecule has 1 N–H and O–H groups in total. The highest BCUT2D eigenvalue weighted by molar-refractivity contribution is 5.78. The fourth-order valence-electron chi connectivity index (χ4n) is 3.93. The molecule has 0 radical (unpaired) electrons. The molecule has 0 saturated carbocycles. The second-order valence-corrected chi connectivity index (χ2v) is 7.95. The van der Waals surface area contributed by atoms with Crippen LogP contribution in [0.2, 0.25) is 0 Å². The monoisotopic (exact) mass is 441 g/mol. The topological polar surface area (TPSA) is 84.5 Å². The van der Waals surface area contributed by atoms with Crippen molar-refractivity contribution in [3.05, 3.63) is 100 Å². The number of aromatic nitrogens is 2. The maximum Gasteiger partial charge on any atom is 0.258 e. The smallest absolute Gasteiger partial charge is 0.258 e. The third-order valence-electron chi connectivity index (χ3n) is 5.64. The number of nitrogens with one attached hydrogen (secondary N) is 1. The van der Waals surface area contributed by atoms with Crippen LogP contribution in [0.5, 0.6) is 11.5 Å². The number of benzene rings is 3. The van der Waals surface area contributed by atoms with E-state index >= 15 is 0 Å². The number of para-hydroxylation sites is 1. The summed E-state index contributed by atoms with van der Waals surface area (Å²) < 4.78 is 10.8. The van der Waals surface area contributed by atoms with E-state index in [0.29, 0.717) is 41.9 Å². The number of hydrogen-bond donors (Lipinski definition) is 1. The Morgan fingerprint density at radius 1 is 0.909 bits per heavy atom. The van der Waals surface area contributed by atoms with Crippen molar-refractivity contribution in [2.24, 2.45) is 0 Å². The van der Waals surface area contributed by atoms with Gasteiger partial charge in [0.1, 0.15) is 5.82 Å². The van der Waals surface area contributed by atoms with Gasteiger partial charge in [0, 0.05) is 13.0 Å². The van der Waals surface area contributed by atoms with Gasteiger partial charge in [-0.15, -0.1) is 0 Å². The molecule has 0 saturated heterocycles. The summed E-state index contributed by atoms with van der Waals surface area (Å²) >= 11 is 0. The third-order valence-corrected chi connectivity index (χ3v) is 5.64. The quantitative estimate of drug-likeness (QED) is 0.471. The molecule has 7 nitrogen and oxygen atoms in total. The normalized spacial score (nSPS) is 12.1. The number of nitrogens with zero attached hydrogens (tertiary/aromatic N) is 2. The summed E-state index contributed by atoms with van der Waals surface area (Å²) in [6.45, 7) is 0.867. The second kappa shape index (κ2) is 9.16. The lowest BCUT2D eigenvalue weighted by Crippen LogP contribution is -2.32. The van der Waals surface area contributed by atoms with Gasteiger partial charge in [-0.05, 0) is 41.8 Å². The number of fused-ring (bicyclic) bond motifs is 2. The van der Waals surface area contributed by atoms with Crippen LogP contribution in [-0.2, 0) is 24.3 Å². The second-order valence-electron chi connectivity index (χ2n) is 7.95. The van der Waals surface area contributed by atoms with Crippen molar-refractivity contribution in [2.45, 2.75) is 25.9 Å². The molecule has 0 unspecified atom stereocenters. The van der Waals surface area contributed by atoms with Gasteiger partial charge in [-0.2, -0.15) is 0 Å². The Labute approximate surface area is 190 Å². The van der Waals surface area contributed by atoms with Gasteiger partial charge < -0.3 is 19.4 Å². The van der Waals surface area contributed by atoms with Gasteiger partial charge in [0.25, 0.3) is 5.56 Å². The first-order valence-corrected chi connectivity index (χ1v) is 10.8. The minimum Gasteiger partial charge on any atom is -0.454 e. The summed E-state index contributed by atoms with van der Waals surface area (Å²) in [7, 11) is 0. The highest BCUT2D eigenvalue weighted by Crippen LogP contribution is 2.32. The number of hydrogen-bond acceptors (Lipinski definition) is 5. The summed E-state index contributed by atoms with van der Waals surface area (Å²) in [6, 6.07) is 22.7. The van der Waals surface area contributed by atoms with Gasteiger partial charge in [0.05, 0.1) is 17.4 Å². The number of amides is 1. The Morgan fingerprint density at radius 3 is 2.58 bits per heavy atom. The lowest BCUT2D eigenvalue weighted by Gasteiger charge is -2.23. The zero-order valence-electron chi connectivity index (χ0n) is 18.0. The van der Waals surface area contributed by atoms with Crippen LogP contribution in [0.3, 0.4) is 0 Å². The molecule has 4 aromatic rings. The SMILES string of the molecule is O=C(CCc1ccc2c(c1)OCO2)N(Cc1ccccc1)Cc1nc2ccccc2c(=O)[nH]1. The predicted octanol–water partition coefficient (Wildman–Crippen LogP) is 3.81. The Balaban J connectivity index is 1.36. The number of rotatable bonds is 7. The van der Waals surface area contributed by atoms with E-state index in [1.807, 2.05) is 54.6 Å². The molecule has 3 aromatic carbocycles. The number of aryl methyl sites for hydroxylation is 1. The number of H-pyrrole nitrogens is 1. The highest BCUT2D eigenvalue weighted by atomic mass is 16.7. The molecule has 7 heteroatoms. The van der Waals surface area contributed by atoms with Crippen LogP contribution in [0.15, 0.2) is 77.6 Å². The predicted molar refractivity (Wildman–Crippen MR) is 124 cm³/mol. The first-order chi connectivity index (χ1) is 16.2. The number of ether oxygens (including phenoxy) is 2. The first-order valence-electron chi connectivity index (χ1n) is 10.8. The van der Waals surface area contributed by atoms with Gasteiger partial charge in [0.2, 0.25) is 12.7 Å². The van der Waals surface area contributed by atoms with E-state index in [4.69, 9.17) is 9.47 Å². The van der Waals surface area contributed by atoms with Crippen molar-refractivity contribution < 1.29 is 14.3 Å². The fourth-order valence-corrected chi connectivity index (χ4v) is 3.93. The fraction of sp³-hybridized carbons (Fsp3) is 0.192. The Hall–Kier alpha value is -4.13. The van der Waals surface area contributed by atoms with Crippen molar-refractivity contribution in [1.29, 1.82) is 0 Å². The molecule has 0 atom stereocenters. The van der Waals surface area contributed by atoms with E-state index in [-0.39, 0.29) is 24.8 Å². The van der Waals surface area contributed by atoms with E-state index in [9.17, 15) is 9.59 Å². The van der Waals surface area contributed by atoms with Gasteiger partial charge in [0.15, 0.2) is 11.5 Å². The maximum absolute atomic E-state index is 13.3. The molecule has 166 valence electrons. The molecule has 0 spiro atoms. The molecule has 0 fully saturated rings.